The molecule has 4 aromatic rings. The number of para-hydroxylation sites is 1. The van der Waals surface area contributed by atoms with Crippen LogP contribution in [0.5, 0.6) is 17.4 Å². The number of aromatic amines is 1. The Morgan fingerprint density at radius 3 is 2.45 bits per heavy atom. The van der Waals surface area contributed by atoms with Gasteiger partial charge in [0, 0.05) is 25.5 Å². The summed E-state index contributed by atoms with van der Waals surface area (Å²) in [6, 6.07) is 16.5. The van der Waals surface area contributed by atoms with Gasteiger partial charge in [0.15, 0.2) is 0 Å². The topological polar surface area (TPSA) is 122 Å². The Kier molecular flexibility index (Phi) is 7.82. The minimum Gasteiger partial charge on any atom is -0.494 e. The first-order chi connectivity index (χ1) is 18.1. The third-order valence-corrected chi connectivity index (χ3v) is 5.45. The lowest BCUT2D eigenvalue weighted by molar-refractivity contribution is -0.137. The number of rotatable bonds is 8. The van der Waals surface area contributed by atoms with Crippen molar-refractivity contribution in [1.29, 1.82) is 0 Å². The second-order valence-electron chi connectivity index (χ2n) is 7.79. The van der Waals surface area contributed by atoms with Crippen LogP contribution < -0.4 is 21.3 Å². The third kappa shape index (κ3) is 6.40. The van der Waals surface area contributed by atoms with Crippen molar-refractivity contribution in [3.8, 4) is 17.4 Å². The lowest BCUT2D eigenvalue weighted by Gasteiger charge is -2.12. The molecular formula is C25H19ClF3N5O4. The molecule has 0 saturated carbocycles. The van der Waals surface area contributed by atoms with E-state index in [4.69, 9.17) is 16.3 Å². The second kappa shape index (κ2) is 11.2. The number of aromatic nitrogens is 3. The molecular weight excluding hydrogens is 527 g/mol. The van der Waals surface area contributed by atoms with Gasteiger partial charge in [-0.25, -0.2) is 9.78 Å². The van der Waals surface area contributed by atoms with Gasteiger partial charge < -0.3 is 15.2 Å². The Morgan fingerprint density at radius 2 is 1.79 bits per heavy atom. The average Bonchev–Trinajstić information content (AvgIpc) is 2.87. The molecule has 2 aromatic carbocycles. The number of aromatic hydroxyl groups is 1. The zero-order chi connectivity index (χ0) is 27.3. The minimum absolute atomic E-state index is 0.0434. The molecule has 196 valence electrons. The minimum atomic E-state index is -4.60. The predicted octanol–water partition coefficient (Wildman–Crippen LogP) is 4.96. The second-order valence-corrected chi connectivity index (χ2v) is 8.20. The number of benzene rings is 2. The van der Waals surface area contributed by atoms with Crippen LogP contribution in [0.2, 0.25) is 5.02 Å². The molecule has 9 nitrogen and oxygen atoms in total. The lowest BCUT2D eigenvalue weighted by Crippen LogP contribution is -2.33. The highest BCUT2D eigenvalue weighted by atomic mass is 35.5. The SMILES string of the molecule is O=c1[nH]c(=O)n(CCNc2ncc(C(F)(F)F)cc2Cl)c(O)c1C=Nc1ccc(Oc2ccccc2)cc1. The first-order valence-electron chi connectivity index (χ1n) is 11.0. The van der Waals surface area contributed by atoms with Crippen LogP contribution in [0.1, 0.15) is 11.1 Å². The Balaban J connectivity index is 1.45. The molecule has 2 aromatic heterocycles. The molecule has 13 heteroatoms. The van der Waals surface area contributed by atoms with E-state index in [1.54, 1.807) is 36.4 Å². The number of nitrogens with one attached hydrogen (secondary N) is 2. The van der Waals surface area contributed by atoms with Crippen molar-refractivity contribution in [3.05, 3.63) is 104 Å². The number of hydrogen-bond acceptors (Lipinski definition) is 7. The van der Waals surface area contributed by atoms with Gasteiger partial charge in [0.1, 0.15) is 22.9 Å². The highest BCUT2D eigenvalue weighted by Crippen LogP contribution is 2.32. The molecule has 0 aliphatic carbocycles. The molecule has 0 atom stereocenters. The van der Waals surface area contributed by atoms with Crippen LogP contribution >= 0.6 is 11.6 Å². The fourth-order valence-corrected chi connectivity index (χ4v) is 3.51. The molecule has 0 unspecified atom stereocenters. The van der Waals surface area contributed by atoms with Crippen LogP contribution in [-0.4, -0.2) is 32.4 Å². The van der Waals surface area contributed by atoms with Gasteiger partial charge in [-0.2, -0.15) is 13.2 Å². The first kappa shape index (κ1) is 26.5. The molecule has 0 amide bonds. The Bertz CT molecular complexity index is 1570. The number of aliphatic imine (C=N–C) groups is 1. The fourth-order valence-electron chi connectivity index (χ4n) is 3.27. The highest BCUT2D eigenvalue weighted by Gasteiger charge is 2.31. The molecule has 0 radical (unpaired) electrons. The summed E-state index contributed by atoms with van der Waals surface area (Å²) in [5.74, 6) is 0.547. The van der Waals surface area contributed by atoms with Crippen LogP contribution in [-0.2, 0) is 12.7 Å². The quantitative estimate of drug-likeness (QED) is 0.269. The Hall–Kier alpha value is -4.58. The van der Waals surface area contributed by atoms with E-state index in [2.05, 4.69) is 20.3 Å². The summed E-state index contributed by atoms with van der Waals surface area (Å²) in [4.78, 5) is 34.4. The van der Waals surface area contributed by atoms with Crippen LogP contribution in [0.4, 0.5) is 24.7 Å². The molecule has 0 spiro atoms. The van der Waals surface area contributed by atoms with E-state index < -0.39 is 28.9 Å². The molecule has 38 heavy (non-hydrogen) atoms. The van der Waals surface area contributed by atoms with E-state index in [9.17, 15) is 27.9 Å². The zero-order valence-corrected chi connectivity index (χ0v) is 20.1. The third-order valence-electron chi connectivity index (χ3n) is 5.16. The molecule has 2 heterocycles. The average molecular weight is 546 g/mol. The van der Waals surface area contributed by atoms with E-state index in [-0.39, 0.29) is 29.5 Å². The lowest BCUT2D eigenvalue weighted by atomic mass is 10.3. The van der Waals surface area contributed by atoms with E-state index in [1.165, 1.54) is 0 Å². The largest absolute Gasteiger partial charge is 0.494 e. The predicted molar refractivity (Wildman–Crippen MR) is 136 cm³/mol. The van der Waals surface area contributed by atoms with Crippen LogP contribution in [0.15, 0.2) is 81.4 Å². The summed E-state index contributed by atoms with van der Waals surface area (Å²) in [5.41, 5.74) is -2.56. The van der Waals surface area contributed by atoms with E-state index in [1.807, 2.05) is 18.2 Å². The summed E-state index contributed by atoms with van der Waals surface area (Å²) in [6.07, 6.45) is -2.87. The van der Waals surface area contributed by atoms with Gasteiger partial charge in [0.05, 0.1) is 16.3 Å². The maximum atomic E-state index is 12.8. The number of halogens is 4. The van der Waals surface area contributed by atoms with Gasteiger partial charge in [0.2, 0.25) is 5.88 Å². The zero-order valence-electron chi connectivity index (χ0n) is 19.4. The molecule has 3 N–H and O–H groups in total. The van der Waals surface area contributed by atoms with Gasteiger partial charge in [-0.3, -0.25) is 19.3 Å². The smallest absolute Gasteiger partial charge is 0.417 e. The summed E-state index contributed by atoms with van der Waals surface area (Å²) < 4.78 is 44.9. The summed E-state index contributed by atoms with van der Waals surface area (Å²) >= 11 is 5.86. The van der Waals surface area contributed by atoms with Crippen molar-refractivity contribution in [3.63, 3.8) is 0 Å². The highest BCUT2D eigenvalue weighted by molar-refractivity contribution is 6.32. The first-order valence-corrected chi connectivity index (χ1v) is 11.4. The van der Waals surface area contributed by atoms with Gasteiger partial charge in [0.25, 0.3) is 5.56 Å². The maximum Gasteiger partial charge on any atom is 0.417 e. The summed E-state index contributed by atoms with van der Waals surface area (Å²) in [7, 11) is 0. The van der Waals surface area contributed by atoms with Gasteiger partial charge in [-0.15, -0.1) is 0 Å². The van der Waals surface area contributed by atoms with Crippen molar-refractivity contribution in [2.75, 3.05) is 11.9 Å². The molecule has 0 saturated heterocycles. The van der Waals surface area contributed by atoms with E-state index in [0.29, 0.717) is 23.4 Å². The molecule has 0 aliphatic rings. The van der Waals surface area contributed by atoms with Gasteiger partial charge in [-0.05, 0) is 42.5 Å². The number of H-pyrrole nitrogens is 1. The van der Waals surface area contributed by atoms with Crippen molar-refractivity contribution < 1.29 is 23.0 Å². The molecule has 0 fully saturated rings. The molecule has 0 bridgehead atoms. The van der Waals surface area contributed by atoms with Crippen LogP contribution in [0.3, 0.4) is 0 Å². The number of ether oxygens (including phenoxy) is 1. The van der Waals surface area contributed by atoms with Gasteiger partial charge >= 0.3 is 11.9 Å². The fraction of sp³-hybridized carbons (Fsp3) is 0.120. The standard InChI is InChI=1S/C25H19ClF3N5O4/c26-20-12-15(25(27,28)29)13-32-21(20)30-10-11-34-23(36)19(22(35)33-24(34)37)14-31-16-6-8-18(9-7-16)38-17-4-2-1-3-5-17/h1-9,12-14,36H,10-11H2,(H,30,32)(H,33,35,37). The summed E-state index contributed by atoms with van der Waals surface area (Å²) in [6.45, 7) is -0.232. The number of alkyl halides is 3. The normalized spacial score (nSPS) is 11.6. The van der Waals surface area contributed by atoms with Crippen molar-refractivity contribution in [1.82, 2.24) is 14.5 Å². The monoisotopic (exact) mass is 545 g/mol. The van der Waals surface area contributed by atoms with Crippen LogP contribution in [0.25, 0.3) is 0 Å². The van der Waals surface area contributed by atoms with Crippen molar-refractivity contribution in [2.45, 2.75) is 12.7 Å². The Labute approximate surface area is 217 Å². The maximum absolute atomic E-state index is 12.8. The van der Waals surface area contributed by atoms with E-state index in [0.717, 1.165) is 16.8 Å². The summed E-state index contributed by atoms with van der Waals surface area (Å²) in [5, 5.41) is 13.0. The number of anilines is 1. The number of hydrogen-bond donors (Lipinski definition) is 3. The van der Waals surface area contributed by atoms with Crippen molar-refractivity contribution >= 4 is 29.3 Å². The van der Waals surface area contributed by atoms with Crippen LogP contribution in [0, 0.1) is 0 Å². The number of nitrogens with zero attached hydrogens (tertiary/aromatic N) is 3. The van der Waals surface area contributed by atoms with Crippen molar-refractivity contribution in [2.24, 2.45) is 4.99 Å². The molecule has 4 rings (SSSR count). The molecule has 0 aliphatic heterocycles. The Morgan fingerprint density at radius 1 is 1.11 bits per heavy atom. The number of pyridine rings is 1. The van der Waals surface area contributed by atoms with E-state index >= 15 is 0 Å². The van der Waals surface area contributed by atoms with Gasteiger partial charge in [-0.1, -0.05) is 29.8 Å².